The fourth-order valence-corrected chi connectivity index (χ4v) is 3.81. The first kappa shape index (κ1) is 18.8. The molecule has 0 unspecified atom stereocenters. The van der Waals surface area contributed by atoms with Gasteiger partial charge in [0, 0.05) is 22.9 Å². The smallest absolute Gasteiger partial charge is 0.246 e. The second-order valence-electron chi connectivity index (χ2n) is 4.92. The quantitative estimate of drug-likeness (QED) is 0.553. The van der Waals surface area contributed by atoms with Crippen LogP contribution in [0.3, 0.4) is 0 Å². The number of anilines is 1. The zero-order valence-electron chi connectivity index (χ0n) is 13.3. The number of carbonyl (C=O) groups excluding carboxylic acids is 2. The summed E-state index contributed by atoms with van der Waals surface area (Å²) in [6.07, 6.45) is 5.17. The van der Waals surface area contributed by atoms with Gasteiger partial charge in [0.1, 0.15) is 0 Å². The lowest BCUT2D eigenvalue weighted by molar-refractivity contribution is -0.129. The molecule has 0 aliphatic heterocycles. The summed E-state index contributed by atoms with van der Waals surface area (Å²) in [5, 5.41) is 2.84. The number of hydrogen-bond donors (Lipinski definition) is 1. The lowest BCUT2D eigenvalue weighted by Gasteiger charge is -2.15. The Bertz CT molecular complexity index is 759. The molecule has 7 heteroatoms. The highest BCUT2D eigenvalue weighted by molar-refractivity contribution is 9.11. The van der Waals surface area contributed by atoms with Gasteiger partial charge in [-0.1, -0.05) is 12.1 Å². The van der Waals surface area contributed by atoms with E-state index in [1.54, 1.807) is 24.9 Å². The predicted octanol–water partition coefficient (Wildman–Crippen LogP) is 4.34. The molecule has 4 nitrogen and oxygen atoms in total. The molecule has 0 saturated carbocycles. The molecule has 1 aromatic carbocycles. The topological polar surface area (TPSA) is 49.4 Å². The van der Waals surface area contributed by atoms with E-state index < -0.39 is 0 Å². The molecular weight excluding hydrogens is 408 g/mol. The van der Waals surface area contributed by atoms with Gasteiger partial charge in [-0.2, -0.15) is 0 Å². The highest BCUT2D eigenvalue weighted by Crippen LogP contribution is 2.24. The number of likely N-dealkylation sites (N-methyl/N-ethyl adjacent to an activating group) is 1. The van der Waals surface area contributed by atoms with Crippen molar-refractivity contribution in [3.05, 3.63) is 51.1 Å². The zero-order valence-corrected chi connectivity index (χ0v) is 16.5. The van der Waals surface area contributed by atoms with Gasteiger partial charge in [0.05, 0.1) is 16.0 Å². The monoisotopic (exact) mass is 424 g/mol. The minimum Gasteiger partial charge on any atom is -0.333 e. The van der Waals surface area contributed by atoms with Crippen molar-refractivity contribution in [3.8, 4) is 0 Å². The Morgan fingerprint density at radius 3 is 2.71 bits per heavy atom. The summed E-state index contributed by atoms with van der Waals surface area (Å²) < 4.78 is 1.01. The molecule has 1 heterocycles. The fourth-order valence-electron chi connectivity index (χ4n) is 1.93. The first-order valence-electron chi connectivity index (χ1n) is 7.11. The number of thiophene rings is 1. The van der Waals surface area contributed by atoms with Gasteiger partial charge < -0.3 is 10.2 Å². The molecule has 24 heavy (non-hydrogen) atoms. The lowest BCUT2D eigenvalue weighted by atomic mass is 10.3. The van der Waals surface area contributed by atoms with Crippen molar-refractivity contribution in [1.82, 2.24) is 4.90 Å². The van der Waals surface area contributed by atoms with Gasteiger partial charge in [0.2, 0.25) is 11.8 Å². The predicted molar refractivity (Wildman–Crippen MR) is 106 cm³/mol. The first-order valence-corrected chi connectivity index (χ1v) is 9.94. The average molecular weight is 425 g/mol. The summed E-state index contributed by atoms with van der Waals surface area (Å²) in [5.74, 6) is -0.438. The van der Waals surface area contributed by atoms with Crippen LogP contribution in [0.1, 0.15) is 4.88 Å². The van der Waals surface area contributed by atoms with Crippen LogP contribution in [0.2, 0.25) is 0 Å². The lowest BCUT2D eigenvalue weighted by Crippen LogP contribution is -2.33. The van der Waals surface area contributed by atoms with Crippen LogP contribution in [0.5, 0.6) is 0 Å². The van der Waals surface area contributed by atoms with Crippen LogP contribution in [0, 0.1) is 0 Å². The Labute approximate surface area is 158 Å². The number of nitrogens with zero attached hydrogens (tertiary/aromatic N) is 1. The number of rotatable bonds is 6. The first-order chi connectivity index (χ1) is 11.5. The van der Waals surface area contributed by atoms with E-state index in [0.717, 1.165) is 19.2 Å². The molecule has 126 valence electrons. The molecule has 1 aromatic heterocycles. The Morgan fingerprint density at radius 2 is 2.04 bits per heavy atom. The molecule has 0 saturated heterocycles. The van der Waals surface area contributed by atoms with E-state index in [9.17, 15) is 9.59 Å². The Hall–Kier alpha value is -1.57. The highest BCUT2D eigenvalue weighted by Gasteiger charge is 2.12. The number of amides is 2. The van der Waals surface area contributed by atoms with Crippen LogP contribution in [0.15, 0.2) is 51.2 Å². The van der Waals surface area contributed by atoms with E-state index in [1.165, 1.54) is 22.3 Å². The van der Waals surface area contributed by atoms with Gasteiger partial charge in [-0.15, -0.1) is 23.1 Å². The third-order valence-corrected chi connectivity index (χ3v) is 5.51. The Balaban J connectivity index is 1.91. The molecule has 0 radical (unpaired) electrons. The Morgan fingerprint density at radius 1 is 1.29 bits per heavy atom. The molecule has 0 bridgehead atoms. The van der Waals surface area contributed by atoms with Crippen LogP contribution in [-0.4, -0.2) is 36.6 Å². The van der Waals surface area contributed by atoms with Gasteiger partial charge in [0.15, 0.2) is 0 Å². The largest absolute Gasteiger partial charge is 0.333 e. The second-order valence-corrected chi connectivity index (χ2v) is 8.26. The van der Waals surface area contributed by atoms with Crippen LogP contribution >= 0.6 is 39.0 Å². The van der Waals surface area contributed by atoms with E-state index in [2.05, 4.69) is 21.2 Å². The summed E-state index contributed by atoms with van der Waals surface area (Å²) in [6.45, 7) is 0.0000233. The van der Waals surface area contributed by atoms with Gasteiger partial charge in [-0.3, -0.25) is 9.59 Å². The third-order valence-electron chi connectivity index (χ3n) is 3.12. The van der Waals surface area contributed by atoms with Crippen molar-refractivity contribution in [1.29, 1.82) is 0 Å². The highest BCUT2D eigenvalue weighted by atomic mass is 79.9. The van der Waals surface area contributed by atoms with Crippen molar-refractivity contribution >= 4 is 62.6 Å². The molecule has 2 aromatic rings. The molecule has 2 rings (SSSR count). The molecule has 2 amide bonds. The molecule has 0 atom stereocenters. The molecular formula is C17H17BrN2O2S2. The summed E-state index contributed by atoms with van der Waals surface area (Å²) in [6, 6.07) is 11.4. The number of nitrogens with one attached hydrogen (secondary N) is 1. The van der Waals surface area contributed by atoms with Crippen LogP contribution in [-0.2, 0) is 9.59 Å². The van der Waals surface area contributed by atoms with E-state index in [1.807, 2.05) is 42.7 Å². The number of carbonyl (C=O) groups is 2. The third kappa shape index (κ3) is 5.51. The van der Waals surface area contributed by atoms with Crippen molar-refractivity contribution < 1.29 is 9.59 Å². The molecule has 1 N–H and O–H groups in total. The maximum absolute atomic E-state index is 12.1. The standard InChI is InChI=1S/C17H17BrN2O2S2/c1-20(17(22)10-8-12-7-9-15(18)24-12)11-16(21)19-13-5-3-4-6-14(13)23-2/h3-10H,11H2,1-2H3,(H,19,21)/b10-8+. The zero-order chi connectivity index (χ0) is 17.5. The molecule has 0 spiro atoms. The maximum atomic E-state index is 12.1. The summed E-state index contributed by atoms with van der Waals surface area (Å²) in [5.41, 5.74) is 0.759. The van der Waals surface area contributed by atoms with E-state index in [0.29, 0.717) is 0 Å². The molecule has 0 aliphatic rings. The number of thioether (sulfide) groups is 1. The van der Waals surface area contributed by atoms with Crippen LogP contribution < -0.4 is 5.32 Å². The Kier molecular flexibility index (Phi) is 7.08. The summed E-state index contributed by atoms with van der Waals surface area (Å²) in [7, 11) is 1.61. The maximum Gasteiger partial charge on any atom is 0.246 e. The number of halogens is 1. The SMILES string of the molecule is CSc1ccccc1NC(=O)CN(C)C(=O)/C=C/c1ccc(Br)s1. The normalized spacial score (nSPS) is 10.8. The van der Waals surface area contributed by atoms with Crippen LogP contribution in [0.25, 0.3) is 6.08 Å². The van der Waals surface area contributed by atoms with Crippen molar-refractivity contribution in [2.75, 3.05) is 25.2 Å². The van der Waals surface area contributed by atoms with Crippen molar-refractivity contribution in [2.45, 2.75) is 4.90 Å². The summed E-state index contributed by atoms with van der Waals surface area (Å²) >= 11 is 6.48. The summed E-state index contributed by atoms with van der Waals surface area (Å²) in [4.78, 5) is 27.6. The van der Waals surface area contributed by atoms with E-state index in [-0.39, 0.29) is 18.4 Å². The fraction of sp³-hybridized carbons (Fsp3) is 0.176. The van der Waals surface area contributed by atoms with E-state index in [4.69, 9.17) is 0 Å². The molecule has 0 aliphatic carbocycles. The number of hydrogen-bond acceptors (Lipinski definition) is 4. The average Bonchev–Trinajstić information content (AvgIpc) is 2.98. The van der Waals surface area contributed by atoms with Gasteiger partial charge in [-0.05, 0) is 52.5 Å². The van der Waals surface area contributed by atoms with E-state index >= 15 is 0 Å². The molecule has 0 fully saturated rings. The number of para-hydroxylation sites is 1. The van der Waals surface area contributed by atoms with Gasteiger partial charge >= 0.3 is 0 Å². The van der Waals surface area contributed by atoms with Crippen molar-refractivity contribution in [2.24, 2.45) is 0 Å². The number of benzene rings is 1. The van der Waals surface area contributed by atoms with Crippen molar-refractivity contribution in [3.63, 3.8) is 0 Å². The second kappa shape index (κ2) is 9.05. The van der Waals surface area contributed by atoms with Gasteiger partial charge in [0.25, 0.3) is 0 Å². The minimum atomic E-state index is -0.223. The van der Waals surface area contributed by atoms with Gasteiger partial charge in [-0.25, -0.2) is 0 Å². The van der Waals surface area contributed by atoms with Crippen LogP contribution in [0.4, 0.5) is 5.69 Å². The minimum absolute atomic E-state index is 0.0000233.